The van der Waals surface area contributed by atoms with E-state index >= 15 is 0 Å². The van der Waals surface area contributed by atoms with Gasteiger partial charge in [0.25, 0.3) is 0 Å². The Morgan fingerprint density at radius 1 is 1.45 bits per heavy atom. The van der Waals surface area contributed by atoms with E-state index in [1.165, 1.54) is 6.42 Å². The topological polar surface area (TPSA) is 45.5 Å². The Kier molecular flexibility index (Phi) is 3.61. The number of nitrogens with zero attached hydrogens (tertiary/aromatic N) is 4. The highest BCUT2D eigenvalue weighted by atomic mass is 15.3. The van der Waals surface area contributed by atoms with Crippen molar-refractivity contribution in [2.24, 2.45) is 5.92 Å². The zero-order valence-corrected chi connectivity index (χ0v) is 12.5. The van der Waals surface area contributed by atoms with Crippen molar-refractivity contribution < 1.29 is 0 Å². The van der Waals surface area contributed by atoms with Crippen LogP contribution in [0.4, 0.5) is 5.82 Å². The van der Waals surface area contributed by atoms with Gasteiger partial charge in [0.15, 0.2) is 5.82 Å². The first-order chi connectivity index (χ1) is 9.69. The Hall–Kier alpha value is -1.62. The van der Waals surface area contributed by atoms with E-state index in [0.717, 1.165) is 42.6 Å². The molecule has 0 spiro atoms. The molecule has 1 N–H and O–H groups in total. The first kappa shape index (κ1) is 13.4. The molecule has 0 bridgehead atoms. The third-order valence-corrected chi connectivity index (χ3v) is 4.06. The minimum absolute atomic E-state index is 0.443. The van der Waals surface area contributed by atoms with E-state index in [2.05, 4.69) is 40.2 Å². The average Bonchev–Trinajstić information content (AvgIpc) is 3.04. The van der Waals surface area contributed by atoms with Crippen LogP contribution in [0.5, 0.6) is 0 Å². The summed E-state index contributed by atoms with van der Waals surface area (Å²) in [5, 5.41) is 7.91. The van der Waals surface area contributed by atoms with Gasteiger partial charge in [-0.1, -0.05) is 13.8 Å². The highest BCUT2D eigenvalue weighted by Gasteiger charge is 2.24. The fourth-order valence-corrected chi connectivity index (χ4v) is 2.93. The van der Waals surface area contributed by atoms with Gasteiger partial charge in [-0.05, 0) is 37.9 Å². The Morgan fingerprint density at radius 3 is 3.05 bits per heavy atom. The van der Waals surface area contributed by atoms with Gasteiger partial charge >= 0.3 is 0 Å². The van der Waals surface area contributed by atoms with Crippen LogP contribution in [0.2, 0.25) is 0 Å². The van der Waals surface area contributed by atoms with Gasteiger partial charge in [0, 0.05) is 25.5 Å². The largest absolute Gasteiger partial charge is 0.354 e. The van der Waals surface area contributed by atoms with Gasteiger partial charge in [-0.3, -0.25) is 0 Å². The van der Waals surface area contributed by atoms with Gasteiger partial charge in [0.1, 0.15) is 5.52 Å². The van der Waals surface area contributed by atoms with Gasteiger partial charge in [-0.15, -0.1) is 0 Å². The average molecular weight is 273 g/mol. The van der Waals surface area contributed by atoms with Crippen molar-refractivity contribution in [3.05, 3.63) is 24.2 Å². The Labute approximate surface area is 120 Å². The van der Waals surface area contributed by atoms with Gasteiger partial charge < -0.3 is 10.2 Å². The summed E-state index contributed by atoms with van der Waals surface area (Å²) >= 11 is 0. The van der Waals surface area contributed by atoms with Crippen LogP contribution in [-0.2, 0) is 0 Å². The molecule has 1 atom stereocenters. The second-order valence-electron chi connectivity index (χ2n) is 5.96. The molecule has 3 heterocycles. The van der Waals surface area contributed by atoms with Crippen LogP contribution >= 0.6 is 0 Å². The van der Waals surface area contributed by atoms with Crippen molar-refractivity contribution >= 4 is 11.3 Å². The summed E-state index contributed by atoms with van der Waals surface area (Å²) in [5.41, 5.74) is 2.26. The Bertz CT molecular complexity index is 589. The van der Waals surface area contributed by atoms with Crippen LogP contribution in [-0.4, -0.2) is 41.3 Å². The molecule has 2 aromatic rings. The highest BCUT2D eigenvalue weighted by Crippen LogP contribution is 2.27. The van der Waals surface area contributed by atoms with E-state index < -0.39 is 0 Å². The molecule has 0 aliphatic carbocycles. The normalized spacial score (nSPS) is 19.4. The molecule has 108 valence electrons. The molecule has 1 fully saturated rings. The standard InChI is InChI=1S/C15H23N5/c1-11(2)13-8-14-15(17-5-7-20(14)18-13)19-6-4-12(10-19)9-16-3/h5,7-8,11-12,16H,4,6,9-10H2,1-3H3. The van der Waals surface area contributed by atoms with E-state index in [1.807, 2.05) is 24.0 Å². The molecule has 1 aliphatic heterocycles. The second-order valence-corrected chi connectivity index (χ2v) is 5.96. The molecule has 5 heteroatoms. The lowest BCUT2D eigenvalue weighted by atomic mass is 10.1. The minimum Gasteiger partial charge on any atom is -0.354 e. The van der Waals surface area contributed by atoms with E-state index in [-0.39, 0.29) is 0 Å². The lowest BCUT2D eigenvalue weighted by Crippen LogP contribution is -2.25. The lowest BCUT2D eigenvalue weighted by molar-refractivity contribution is 0.549. The van der Waals surface area contributed by atoms with Crippen LogP contribution in [0, 0.1) is 5.92 Å². The number of nitrogens with one attached hydrogen (secondary N) is 1. The summed E-state index contributed by atoms with van der Waals surface area (Å²) in [6, 6.07) is 2.18. The molecular weight excluding hydrogens is 250 g/mol. The first-order valence-corrected chi connectivity index (χ1v) is 7.43. The maximum atomic E-state index is 4.64. The van der Waals surface area contributed by atoms with Crippen LogP contribution in [0.3, 0.4) is 0 Å². The maximum absolute atomic E-state index is 4.64. The van der Waals surface area contributed by atoms with E-state index in [4.69, 9.17) is 0 Å². The number of anilines is 1. The maximum Gasteiger partial charge on any atom is 0.154 e. The molecule has 0 amide bonds. The SMILES string of the molecule is CNCC1CCN(c2nccn3nc(C(C)C)cc23)C1. The van der Waals surface area contributed by atoms with E-state index in [0.29, 0.717) is 5.92 Å². The van der Waals surface area contributed by atoms with Crippen molar-refractivity contribution in [3.8, 4) is 0 Å². The number of aromatic nitrogens is 3. The number of hydrogen-bond acceptors (Lipinski definition) is 4. The molecule has 0 aromatic carbocycles. The van der Waals surface area contributed by atoms with Gasteiger partial charge in [-0.25, -0.2) is 9.50 Å². The second kappa shape index (κ2) is 5.40. The summed E-state index contributed by atoms with van der Waals surface area (Å²) in [4.78, 5) is 6.99. The van der Waals surface area contributed by atoms with Crippen molar-refractivity contribution in [1.29, 1.82) is 0 Å². The smallest absolute Gasteiger partial charge is 0.154 e. The van der Waals surface area contributed by atoms with Crippen molar-refractivity contribution in [2.75, 3.05) is 31.6 Å². The fraction of sp³-hybridized carbons (Fsp3) is 0.600. The molecule has 1 aliphatic rings. The Balaban J connectivity index is 1.92. The number of hydrogen-bond donors (Lipinski definition) is 1. The summed E-state index contributed by atoms with van der Waals surface area (Å²) in [5.74, 6) is 2.23. The van der Waals surface area contributed by atoms with Crippen LogP contribution in [0.15, 0.2) is 18.5 Å². The number of fused-ring (bicyclic) bond motifs is 1. The Morgan fingerprint density at radius 2 is 2.30 bits per heavy atom. The van der Waals surface area contributed by atoms with Crippen molar-refractivity contribution in [3.63, 3.8) is 0 Å². The predicted molar refractivity (Wildman–Crippen MR) is 81.3 cm³/mol. The lowest BCUT2D eigenvalue weighted by Gasteiger charge is -2.18. The summed E-state index contributed by atoms with van der Waals surface area (Å²) in [7, 11) is 2.02. The first-order valence-electron chi connectivity index (χ1n) is 7.43. The molecule has 0 radical (unpaired) electrons. The zero-order chi connectivity index (χ0) is 14.1. The predicted octanol–water partition coefficient (Wildman–Crippen LogP) is 1.90. The quantitative estimate of drug-likeness (QED) is 0.924. The van der Waals surface area contributed by atoms with Crippen LogP contribution in [0.1, 0.15) is 31.9 Å². The minimum atomic E-state index is 0.443. The molecule has 2 aromatic heterocycles. The monoisotopic (exact) mass is 273 g/mol. The molecular formula is C15H23N5. The summed E-state index contributed by atoms with van der Waals surface area (Å²) in [6.07, 6.45) is 5.02. The molecule has 20 heavy (non-hydrogen) atoms. The third-order valence-electron chi connectivity index (χ3n) is 4.06. The van der Waals surface area contributed by atoms with Gasteiger partial charge in [0.05, 0.1) is 5.69 Å². The van der Waals surface area contributed by atoms with E-state index in [9.17, 15) is 0 Å². The highest BCUT2D eigenvalue weighted by molar-refractivity contribution is 5.69. The van der Waals surface area contributed by atoms with Gasteiger partial charge in [-0.2, -0.15) is 5.10 Å². The van der Waals surface area contributed by atoms with Gasteiger partial charge in [0.2, 0.25) is 0 Å². The van der Waals surface area contributed by atoms with Crippen molar-refractivity contribution in [1.82, 2.24) is 19.9 Å². The van der Waals surface area contributed by atoms with Crippen molar-refractivity contribution in [2.45, 2.75) is 26.2 Å². The zero-order valence-electron chi connectivity index (χ0n) is 12.5. The molecule has 1 unspecified atom stereocenters. The molecule has 5 nitrogen and oxygen atoms in total. The summed E-state index contributed by atoms with van der Waals surface area (Å²) < 4.78 is 1.96. The summed E-state index contributed by atoms with van der Waals surface area (Å²) in [6.45, 7) is 7.59. The number of rotatable bonds is 4. The van der Waals surface area contributed by atoms with E-state index in [1.54, 1.807) is 0 Å². The van der Waals surface area contributed by atoms with Crippen LogP contribution in [0.25, 0.3) is 5.52 Å². The molecule has 0 saturated carbocycles. The molecule has 3 rings (SSSR count). The third kappa shape index (κ3) is 2.38. The molecule has 1 saturated heterocycles. The van der Waals surface area contributed by atoms with Crippen LogP contribution < -0.4 is 10.2 Å². The fourth-order valence-electron chi connectivity index (χ4n) is 2.93.